The third kappa shape index (κ3) is 4.20. The molecule has 1 unspecified atom stereocenters. The molecule has 0 fully saturated rings. The largest absolute Gasteiger partial charge is 0.464 e. The Kier molecular flexibility index (Phi) is 5.36. The van der Waals surface area contributed by atoms with Gasteiger partial charge in [0.05, 0.1) is 13.0 Å². The topological polar surface area (TPSA) is 55.4 Å². The summed E-state index contributed by atoms with van der Waals surface area (Å²) >= 11 is 0. The highest BCUT2D eigenvalue weighted by Gasteiger charge is 2.16. The van der Waals surface area contributed by atoms with Crippen molar-refractivity contribution < 1.29 is 14.3 Å². The summed E-state index contributed by atoms with van der Waals surface area (Å²) in [5.74, 6) is -0.583. The fourth-order valence-electron chi connectivity index (χ4n) is 1.60. The number of ether oxygens (including phenoxy) is 1. The van der Waals surface area contributed by atoms with Gasteiger partial charge in [-0.15, -0.1) is 0 Å². The lowest BCUT2D eigenvalue weighted by molar-refractivity contribution is -0.146. The van der Waals surface area contributed by atoms with Crippen LogP contribution < -0.4 is 5.32 Å². The van der Waals surface area contributed by atoms with E-state index in [1.807, 2.05) is 31.2 Å². The first kappa shape index (κ1) is 14.2. The van der Waals surface area contributed by atoms with Crippen LogP contribution in [0.25, 0.3) is 0 Å². The average Bonchev–Trinajstić information content (AvgIpc) is 2.32. The molecule has 98 valence electrons. The quantitative estimate of drug-likeness (QED) is 0.806. The molecule has 0 saturated heterocycles. The van der Waals surface area contributed by atoms with Crippen LogP contribution in [0.2, 0.25) is 0 Å². The number of rotatable bonds is 5. The molecule has 0 heterocycles. The molecule has 1 N–H and O–H groups in total. The Morgan fingerprint density at radius 2 is 2.00 bits per heavy atom. The minimum atomic E-state index is -0.610. The van der Waals surface area contributed by atoms with Crippen molar-refractivity contribution in [1.82, 2.24) is 5.32 Å². The molecular formula is C14H19NO3. The highest BCUT2D eigenvalue weighted by molar-refractivity contribution is 5.85. The number of hydrogen-bond donors (Lipinski definition) is 1. The van der Waals surface area contributed by atoms with E-state index < -0.39 is 12.0 Å². The molecule has 0 aliphatic heterocycles. The molecule has 1 aromatic rings. The smallest absolute Gasteiger partial charge is 0.328 e. The maximum atomic E-state index is 11.8. The minimum Gasteiger partial charge on any atom is -0.464 e. The summed E-state index contributed by atoms with van der Waals surface area (Å²) in [7, 11) is 0. The summed E-state index contributed by atoms with van der Waals surface area (Å²) in [6.07, 6.45) is 0.274. The molecule has 1 amide bonds. The van der Waals surface area contributed by atoms with Crippen molar-refractivity contribution in [3.8, 4) is 0 Å². The first-order valence-corrected chi connectivity index (χ1v) is 6.05. The molecule has 0 radical (unpaired) electrons. The lowest BCUT2D eigenvalue weighted by atomic mass is 10.1. The van der Waals surface area contributed by atoms with Crippen LogP contribution in [0.1, 0.15) is 25.0 Å². The van der Waals surface area contributed by atoms with Gasteiger partial charge >= 0.3 is 5.97 Å². The Labute approximate surface area is 107 Å². The molecule has 4 nitrogen and oxygen atoms in total. The van der Waals surface area contributed by atoms with E-state index in [1.165, 1.54) is 0 Å². The number of carbonyl (C=O) groups is 2. The van der Waals surface area contributed by atoms with Gasteiger partial charge in [0.1, 0.15) is 6.04 Å². The van der Waals surface area contributed by atoms with E-state index >= 15 is 0 Å². The Balaban J connectivity index is 2.52. The zero-order valence-electron chi connectivity index (χ0n) is 11.0. The molecule has 0 aliphatic rings. The van der Waals surface area contributed by atoms with Crippen molar-refractivity contribution in [3.63, 3.8) is 0 Å². The lowest BCUT2D eigenvalue weighted by Gasteiger charge is -2.13. The van der Waals surface area contributed by atoms with E-state index in [-0.39, 0.29) is 12.3 Å². The Bertz CT molecular complexity index is 429. The van der Waals surface area contributed by atoms with Crippen LogP contribution >= 0.6 is 0 Å². The number of carbonyl (C=O) groups excluding carboxylic acids is 2. The average molecular weight is 249 g/mol. The van der Waals surface area contributed by atoms with Crippen LogP contribution in [0.15, 0.2) is 24.3 Å². The third-order valence-corrected chi connectivity index (χ3v) is 2.63. The van der Waals surface area contributed by atoms with E-state index in [4.69, 9.17) is 4.74 Å². The first-order chi connectivity index (χ1) is 8.54. The highest BCUT2D eigenvalue weighted by atomic mass is 16.5. The van der Waals surface area contributed by atoms with Crippen LogP contribution in [-0.4, -0.2) is 24.5 Å². The van der Waals surface area contributed by atoms with Gasteiger partial charge in [-0.1, -0.05) is 24.3 Å². The van der Waals surface area contributed by atoms with Crippen LogP contribution in [-0.2, 0) is 20.7 Å². The predicted molar refractivity (Wildman–Crippen MR) is 69.1 cm³/mol. The van der Waals surface area contributed by atoms with Crippen molar-refractivity contribution in [2.45, 2.75) is 33.2 Å². The monoisotopic (exact) mass is 249 g/mol. The van der Waals surface area contributed by atoms with Gasteiger partial charge in [0.25, 0.3) is 0 Å². The van der Waals surface area contributed by atoms with Crippen molar-refractivity contribution >= 4 is 11.9 Å². The molecule has 1 atom stereocenters. The normalized spacial score (nSPS) is 11.7. The Hall–Kier alpha value is -1.84. The number of nitrogens with one attached hydrogen (secondary N) is 1. The van der Waals surface area contributed by atoms with Crippen molar-refractivity contribution in [1.29, 1.82) is 0 Å². The fourth-order valence-corrected chi connectivity index (χ4v) is 1.60. The van der Waals surface area contributed by atoms with Crippen LogP contribution in [0.5, 0.6) is 0 Å². The number of aryl methyl sites for hydroxylation is 1. The maximum absolute atomic E-state index is 11.8. The van der Waals surface area contributed by atoms with Gasteiger partial charge in [0.2, 0.25) is 5.91 Å². The summed E-state index contributed by atoms with van der Waals surface area (Å²) < 4.78 is 4.82. The van der Waals surface area contributed by atoms with Crippen LogP contribution in [0.3, 0.4) is 0 Å². The van der Waals surface area contributed by atoms with Gasteiger partial charge in [0.15, 0.2) is 0 Å². The highest BCUT2D eigenvalue weighted by Crippen LogP contribution is 2.07. The van der Waals surface area contributed by atoms with E-state index in [0.717, 1.165) is 11.1 Å². The summed E-state index contributed by atoms with van der Waals surface area (Å²) in [6, 6.07) is 7.07. The molecular weight excluding hydrogens is 230 g/mol. The SMILES string of the molecule is CCOC(=O)C(C)NC(=O)Cc1ccccc1C. The molecule has 0 bridgehead atoms. The summed E-state index contributed by atoms with van der Waals surface area (Å²) in [6.45, 7) is 5.63. The molecule has 0 aliphatic carbocycles. The van der Waals surface area contributed by atoms with E-state index in [2.05, 4.69) is 5.32 Å². The lowest BCUT2D eigenvalue weighted by Crippen LogP contribution is -2.40. The van der Waals surface area contributed by atoms with Crippen molar-refractivity contribution in [2.24, 2.45) is 0 Å². The fraction of sp³-hybridized carbons (Fsp3) is 0.429. The summed E-state index contributed by atoms with van der Waals surface area (Å²) in [4.78, 5) is 23.1. The molecule has 0 saturated carbocycles. The zero-order valence-corrected chi connectivity index (χ0v) is 11.0. The van der Waals surface area contributed by atoms with Crippen LogP contribution in [0, 0.1) is 6.92 Å². The van der Waals surface area contributed by atoms with E-state index in [9.17, 15) is 9.59 Å². The van der Waals surface area contributed by atoms with Gasteiger partial charge in [-0.25, -0.2) is 4.79 Å². The third-order valence-electron chi connectivity index (χ3n) is 2.63. The number of benzene rings is 1. The second-order valence-corrected chi connectivity index (χ2v) is 4.14. The molecule has 0 spiro atoms. The van der Waals surface area contributed by atoms with E-state index in [1.54, 1.807) is 13.8 Å². The maximum Gasteiger partial charge on any atom is 0.328 e. The van der Waals surface area contributed by atoms with Gasteiger partial charge in [-0.05, 0) is 31.9 Å². The second kappa shape index (κ2) is 6.79. The van der Waals surface area contributed by atoms with Gasteiger partial charge < -0.3 is 10.1 Å². The summed E-state index contributed by atoms with van der Waals surface area (Å²) in [5.41, 5.74) is 2.03. The number of amides is 1. The number of hydrogen-bond acceptors (Lipinski definition) is 3. The van der Waals surface area contributed by atoms with Gasteiger partial charge in [-0.2, -0.15) is 0 Å². The molecule has 1 rings (SSSR count). The minimum absolute atomic E-state index is 0.176. The molecule has 4 heteroatoms. The van der Waals surface area contributed by atoms with Gasteiger partial charge in [-0.3, -0.25) is 4.79 Å². The first-order valence-electron chi connectivity index (χ1n) is 6.05. The van der Waals surface area contributed by atoms with Crippen LogP contribution in [0.4, 0.5) is 0 Å². The summed E-state index contributed by atoms with van der Waals surface area (Å²) in [5, 5.41) is 2.63. The van der Waals surface area contributed by atoms with E-state index in [0.29, 0.717) is 6.61 Å². The molecule has 18 heavy (non-hydrogen) atoms. The standard InChI is InChI=1S/C14H19NO3/c1-4-18-14(17)11(3)15-13(16)9-12-8-6-5-7-10(12)2/h5-8,11H,4,9H2,1-3H3,(H,15,16). The molecule has 0 aromatic heterocycles. The Morgan fingerprint density at radius 1 is 1.33 bits per heavy atom. The second-order valence-electron chi connectivity index (χ2n) is 4.14. The van der Waals surface area contributed by atoms with Gasteiger partial charge in [0, 0.05) is 0 Å². The Morgan fingerprint density at radius 3 is 2.61 bits per heavy atom. The zero-order chi connectivity index (χ0) is 13.5. The predicted octanol–water partition coefficient (Wildman–Crippen LogP) is 1.61. The van der Waals surface area contributed by atoms with Crippen molar-refractivity contribution in [2.75, 3.05) is 6.61 Å². The van der Waals surface area contributed by atoms with Crippen molar-refractivity contribution in [3.05, 3.63) is 35.4 Å². The molecule has 1 aromatic carbocycles. The number of esters is 1.